The van der Waals surface area contributed by atoms with Gasteiger partial charge in [-0.05, 0) is 20.4 Å². The van der Waals surface area contributed by atoms with E-state index in [0.29, 0.717) is 12.5 Å². The Morgan fingerprint density at radius 2 is 2.33 bits per heavy atom. The number of rotatable bonds is 4. The van der Waals surface area contributed by atoms with Crippen LogP contribution in [0.3, 0.4) is 0 Å². The number of hydrogen-bond acceptors (Lipinski definition) is 2. The zero-order chi connectivity index (χ0) is 7.28. The molecule has 0 fully saturated rings. The minimum absolute atomic E-state index is 0.225. The van der Waals surface area contributed by atoms with Crippen LogP contribution >= 0.6 is 0 Å². The van der Waals surface area contributed by atoms with Crippen molar-refractivity contribution in [1.29, 1.82) is 0 Å². The Bertz CT molecular complexity index is 93.1. The molecular weight excluding hydrogens is 116 g/mol. The largest absolute Gasteiger partial charge is 0.370 e. The van der Waals surface area contributed by atoms with Crippen LogP contribution < -0.4 is 11.1 Å². The van der Waals surface area contributed by atoms with Crippen molar-refractivity contribution in [2.45, 2.75) is 25.8 Å². The summed E-state index contributed by atoms with van der Waals surface area (Å²) in [5.74, 6) is -0.225. The molecule has 0 spiro atoms. The number of nitrogens with one attached hydrogen (secondary N) is 1. The monoisotopic (exact) mass is 130 g/mol. The fourth-order valence-electron chi connectivity index (χ4n) is 0.503. The highest BCUT2D eigenvalue weighted by Crippen LogP contribution is 1.92. The summed E-state index contributed by atoms with van der Waals surface area (Å²) in [6.07, 6.45) is 1.30. The Kier molecular flexibility index (Phi) is 4.05. The van der Waals surface area contributed by atoms with Gasteiger partial charge in [-0.1, -0.05) is 0 Å². The SMILES string of the molecule is CNC(C)CCC(N)=O. The Hall–Kier alpha value is -0.570. The summed E-state index contributed by atoms with van der Waals surface area (Å²) in [5.41, 5.74) is 4.93. The Morgan fingerprint density at radius 1 is 1.78 bits per heavy atom. The van der Waals surface area contributed by atoms with E-state index in [-0.39, 0.29) is 5.91 Å². The van der Waals surface area contributed by atoms with Gasteiger partial charge in [-0.2, -0.15) is 0 Å². The lowest BCUT2D eigenvalue weighted by Gasteiger charge is -2.06. The zero-order valence-corrected chi connectivity index (χ0v) is 5.98. The van der Waals surface area contributed by atoms with Crippen molar-refractivity contribution in [3.63, 3.8) is 0 Å². The van der Waals surface area contributed by atoms with E-state index in [2.05, 4.69) is 5.32 Å². The Balaban J connectivity index is 3.16. The minimum atomic E-state index is -0.225. The van der Waals surface area contributed by atoms with Gasteiger partial charge in [-0.3, -0.25) is 4.79 Å². The summed E-state index contributed by atoms with van der Waals surface area (Å²) in [6.45, 7) is 2.02. The van der Waals surface area contributed by atoms with Crippen LogP contribution in [0.1, 0.15) is 19.8 Å². The second-order valence-electron chi connectivity index (χ2n) is 2.19. The van der Waals surface area contributed by atoms with Crippen LogP contribution in [0.5, 0.6) is 0 Å². The molecule has 0 aliphatic rings. The van der Waals surface area contributed by atoms with Gasteiger partial charge in [0.1, 0.15) is 0 Å². The normalized spacial score (nSPS) is 13.1. The summed E-state index contributed by atoms with van der Waals surface area (Å²) in [5, 5.41) is 3.01. The molecule has 0 bridgehead atoms. The minimum Gasteiger partial charge on any atom is -0.370 e. The number of carbonyl (C=O) groups is 1. The molecule has 1 unspecified atom stereocenters. The van der Waals surface area contributed by atoms with E-state index >= 15 is 0 Å². The van der Waals surface area contributed by atoms with Gasteiger partial charge in [-0.25, -0.2) is 0 Å². The van der Waals surface area contributed by atoms with Crippen molar-refractivity contribution < 1.29 is 4.79 Å². The molecular formula is C6H14N2O. The second kappa shape index (κ2) is 4.32. The maximum absolute atomic E-state index is 10.2. The van der Waals surface area contributed by atoms with E-state index in [1.807, 2.05) is 14.0 Å². The predicted molar refractivity (Wildman–Crippen MR) is 37.0 cm³/mol. The molecule has 0 aliphatic carbocycles. The zero-order valence-electron chi connectivity index (χ0n) is 5.98. The number of nitrogens with two attached hydrogens (primary N) is 1. The number of hydrogen-bond donors (Lipinski definition) is 2. The Labute approximate surface area is 55.6 Å². The van der Waals surface area contributed by atoms with E-state index in [0.717, 1.165) is 6.42 Å². The van der Waals surface area contributed by atoms with Crippen molar-refractivity contribution >= 4 is 5.91 Å². The van der Waals surface area contributed by atoms with Crippen LogP contribution in [0.4, 0.5) is 0 Å². The van der Waals surface area contributed by atoms with Crippen LogP contribution in [0, 0.1) is 0 Å². The molecule has 0 heterocycles. The third-order valence-electron chi connectivity index (χ3n) is 1.32. The van der Waals surface area contributed by atoms with Gasteiger partial charge in [0.25, 0.3) is 0 Å². The van der Waals surface area contributed by atoms with E-state index in [4.69, 9.17) is 5.73 Å². The topological polar surface area (TPSA) is 55.1 Å². The Morgan fingerprint density at radius 3 is 2.67 bits per heavy atom. The summed E-state index contributed by atoms with van der Waals surface area (Å²) < 4.78 is 0. The van der Waals surface area contributed by atoms with Crippen molar-refractivity contribution in [2.75, 3.05) is 7.05 Å². The molecule has 0 rings (SSSR count). The summed E-state index contributed by atoms with van der Waals surface area (Å²) >= 11 is 0. The molecule has 3 heteroatoms. The summed E-state index contributed by atoms with van der Waals surface area (Å²) in [7, 11) is 1.87. The first kappa shape index (κ1) is 8.43. The van der Waals surface area contributed by atoms with E-state index < -0.39 is 0 Å². The molecule has 0 aromatic heterocycles. The van der Waals surface area contributed by atoms with Gasteiger partial charge < -0.3 is 11.1 Å². The van der Waals surface area contributed by atoms with Crippen molar-refractivity contribution in [2.24, 2.45) is 5.73 Å². The van der Waals surface area contributed by atoms with Gasteiger partial charge in [0.15, 0.2) is 0 Å². The molecule has 9 heavy (non-hydrogen) atoms. The molecule has 0 saturated carbocycles. The second-order valence-corrected chi connectivity index (χ2v) is 2.19. The average Bonchev–Trinajstić information content (AvgIpc) is 1.83. The molecule has 0 saturated heterocycles. The van der Waals surface area contributed by atoms with Crippen molar-refractivity contribution in [3.05, 3.63) is 0 Å². The first-order valence-electron chi connectivity index (χ1n) is 3.12. The highest BCUT2D eigenvalue weighted by Gasteiger charge is 1.99. The maximum atomic E-state index is 10.2. The predicted octanol–water partition coefficient (Wildman–Crippen LogP) is -0.140. The maximum Gasteiger partial charge on any atom is 0.217 e. The first-order valence-corrected chi connectivity index (χ1v) is 3.12. The van der Waals surface area contributed by atoms with Crippen molar-refractivity contribution in [3.8, 4) is 0 Å². The smallest absolute Gasteiger partial charge is 0.217 e. The van der Waals surface area contributed by atoms with Gasteiger partial charge in [0, 0.05) is 12.5 Å². The molecule has 3 nitrogen and oxygen atoms in total. The molecule has 1 atom stereocenters. The molecule has 3 N–H and O–H groups in total. The third kappa shape index (κ3) is 5.30. The lowest BCUT2D eigenvalue weighted by molar-refractivity contribution is -0.118. The highest BCUT2D eigenvalue weighted by molar-refractivity contribution is 5.73. The van der Waals surface area contributed by atoms with Gasteiger partial charge in [0.05, 0.1) is 0 Å². The number of amides is 1. The fraction of sp³-hybridized carbons (Fsp3) is 0.833. The first-order chi connectivity index (χ1) is 4.16. The molecule has 0 aromatic carbocycles. The molecule has 0 radical (unpaired) electrons. The number of carbonyl (C=O) groups excluding carboxylic acids is 1. The average molecular weight is 130 g/mol. The van der Waals surface area contributed by atoms with Crippen LogP contribution in [-0.2, 0) is 4.79 Å². The summed E-state index contributed by atoms with van der Waals surface area (Å²) in [4.78, 5) is 10.2. The quantitative estimate of drug-likeness (QED) is 0.556. The van der Waals surface area contributed by atoms with Crippen LogP contribution in [-0.4, -0.2) is 19.0 Å². The third-order valence-corrected chi connectivity index (χ3v) is 1.32. The van der Waals surface area contributed by atoms with E-state index in [1.54, 1.807) is 0 Å². The molecule has 0 aromatic rings. The van der Waals surface area contributed by atoms with E-state index in [9.17, 15) is 4.79 Å². The van der Waals surface area contributed by atoms with Crippen LogP contribution in [0.2, 0.25) is 0 Å². The highest BCUT2D eigenvalue weighted by atomic mass is 16.1. The van der Waals surface area contributed by atoms with E-state index in [1.165, 1.54) is 0 Å². The van der Waals surface area contributed by atoms with Gasteiger partial charge in [0.2, 0.25) is 5.91 Å². The molecule has 54 valence electrons. The fourth-order valence-corrected chi connectivity index (χ4v) is 0.503. The van der Waals surface area contributed by atoms with Gasteiger partial charge >= 0.3 is 0 Å². The lowest BCUT2D eigenvalue weighted by atomic mass is 10.2. The molecule has 0 aliphatic heterocycles. The van der Waals surface area contributed by atoms with Crippen LogP contribution in [0.15, 0.2) is 0 Å². The lowest BCUT2D eigenvalue weighted by Crippen LogP contribution is -2.23. The van der Waals surface area contributed by atoms with Gasteiger partial charge in [-0.15, -0.1) is 0 Å². The van der Waals surface area contributed by atoms with Crippen molar-refractivity contribution in [1.82, 2.24) is 5.32 Å². The summed E-state index contributed by atoms with van der Waals surface area (Å²) in [6, 6.07) is 0.387. The number of primary amides is 1. The standard InChI is InChI=1S/C6H14N2O/c1-5(8-2)3-4-6(7)9/h5,8H,3-4H2,1-2H3,(H2,7,9). The molecule has 1 amide bonds. The van der Waals surface area contributed by atoms with Crippen LogP contribution in [0.25, 0.3) is 0 Å².